The van der Waals surface area contributed by atoms with Crippen LogP contribution in [0.2, 0.25) is 0 Å². The molecule has 18 heavy (non-hydrogen) atoms. The van der Waals surface area contributed by atoms with E-state index in [-0.39, 0.29) is 33.7 Å². The van der Waals surface area contributed by atoms with Crippen LogP contribution in [0.25, 0.3) is 10.8 Å². The lowest BCUT2D eigenvalue weighted by Gasteiger charge is -2.08. The van der Waals surface area contributed by atoms with Gasteiger partial charge in [-0.05, 0) is 18.4 Å². The van der Waals surface area contributed by atoms with Crippen LogP contribution < -0.4 is 0 Å². The molecule has 0 amide bonds. The first-order chi connectivity index (χ1) is 8.00. The van der Waals surface area contributed by atoms with Gasteiger partial charge in [-0.1, -0.05) is 43.0 Å². The third-order valence-corrected chi connectivity index (χ3v) is 3.67. The second kappa shape index (κ2) is 5.73. The first-order valence-electron chi connectivity index (χ1n) is 5.08. The topological polar surface area (TPSA) is 43.4 Å². The molecule has 5 heteroatoms. The van der Waals surface area contributed by atoms with Crippen molar-refractivity contribution in [2.75, 3.05) is 0 Å². The van der Waals surface area contributed by atoms with E-state index in [2.05, 4.69) is 6.58 Å². The van der Waals surface area contributed by atoms with Gasteiger partial charge in [0.25, 0.3) is 0 Å². The summed E-state index contributed by atoms with van der Waals surface area (Å²) >= 11 is 0. The van der Waals surface area contributed by atoms with Crippen LogP contribution in [0.1, 0.15) is 6.92 Å². The van der Waals surface area contributed by atoms with Gasteiger partial charge in [-0.2, -0.15) is 8.42 Å². The zero-order valence-corrected chi connectivity index (χ0v) is 10.2. The molecular formula is C13H14MgO3S. The van der Waals surface area contributed by atoms with Gasteiger partial charge >= 0.3 is 33.2 Å². The van der Waals surface area contributed by atoms with Gasteiger partial charge in [-0.25, -0.2) is 0 Å². The normalized spacial score (nSPS) is 10.7. The van der Waals surface area contributed by atoms with Crippen LogP contribution in [0.3, 0.4) is 0 Å². The number of rotatable bonds is 3. The maximum Gasteiger partial charge on any atom is 0.339 e. The van der Waals surface area contributed by atoms with Gasteiger partial charge in [-0.15, -0.1) is 0 Å². The standard InChI is InChI=1S/C13H12O3S.Mg.2H/c1-10(2)16-17(14,15)13-9-5-7-11-6-3-4-8-12(11)13;;;/h3-9H,1H2,2H3;;;. The first kappa shape index (κ1) is 15.0. The molecule has 0 unspecified atom stereocenters. The minimum absolute atomic E-state index is 0. The fourth-order valence-corrected chi connectivity index (χ4v) is 2.81. The molecule has 0 atom stereocenters. The van der Waals surface area contributed by atoms with Crippen LogP contribution >= 0.6 is 0 Å². The van der Waals surface area contributed by atoms with E-state index < -0.39 is 10.1 Å². The molecule has 0 bridgehead atoms. The SMILES string of the molecule is C=C(C)OS(=O)(=O)c1cccc2ccccc12.[MgH2]. The fraction of sp³-hybridized carbons (Fsp3) is 0.0769. The van der Waals surface area contributed by atoms with Gasteiger partial charge in [-0.3, -0.25) is 0 Å². The molecule has 0 aromatic heterocycles. The second-order valence-electron chi connectivity index (χ2n) is 3.72. The van der Waals surface area contributed by atoms with Gasteiger partial charge in [0.1, 0.15) is 10.7 Å². The van der Waals surface area contributed by atoms with Crippen molar-refractivity contribution in [3.8, 4) is 0 Å². The molecular weight excluding hydrogens is 261 g/mol. The summed E-state index contributed by atoms with van der Waals surface area (Å²) in [6.45, 7) is 4.95. The van der Waals surface area contributed by atoms with Crippen molar-refractivity contribution in [2.24, 2.45) is 0 Å². The summed E-state index contributed by atoms with van der Waals surface area (Å²) in [7, 11) is -3.79. The zero-order valence-electron chi connectivity index (χ0n) is 9.38. The fourth-order valence-electron chi connectivity index (χ4n) is 1.65. The number of fused-ring (bicyclic) bond motifs is 1. The molecule has 0 aliphatic rings. The van der Waals surface area contributed by atoms with E-state index in [0.717, 1.165) is 5.39 Å². The molecule has 0 fully saturated rings. The smallest absolute Gasteiger partial charge is 0.339 e. The number of benzene rings is 2. The molecule has 0 saturated heterocycles. The van der Waals surface area contributed by atoms with Gasteiger partial charge in [0.05, 0.1) is 0 Å². The van der Waals surface area contributed by atoms with Crippen molar-refractivity contribution in [3.05, 3.63) is 54.8 Å². The highest BCUT2D eigenvalue weighted by atomic mass is 32.2. The van der Waals surface area contributed by atoms with Gasteiger partial charge in [0, 0.05) is 5.39 Å². The molecule has 0 N–H and O–H groups in total. The van der Waals surface area contributed by atoms with E-state index in [1.54, 1.807) is 18.2 Å². The molecule has 2 rings (SSSR count). The third kappa shape index (κ3) is 3.04. The average molecular weight is 275 g/mol. The quantitative estimate of drug-likeness (QED) is 0.489. The highest BCUT2D eigenvalue weighted by molar-refractivity contribution is 7.87. The van der Waals surface area contributed by atoms with E-state index >= 15 is 0 Å². The summed E-state index contributed by atoms with van der Waals surface area (Å²) in [5, 5.41) is 1.51. The van der Waals surface area contributed by atoms with Crippen molar-refractivity contribution in [1.82, 2.24) is 0 Å². The summed E-state index contributed by atoms with van der Waals surface area (Å²) < 4.78 is 28.8. The Hall–Kier alpha value is -1.04. The van der Waals surface area contributed by atoms with E-state index in [1.807, 2.05) is 18.2 Å². The van der Waals surface area contributed by atoms with Crippen LogP contribution in [0.15, 0.2) is 59.7 Å². The first-order valence-corrected chi connectivity index (χ1v) is 6.49. The summed E-state index contributed by atoms with van der Waals surface area (Å²) in [5.41, 5.74) is 0. The van der Waals surface area contributed by atoms with Crippen LogP contribution in [0, 0.1) is 0 Å². The van der Waals surface area contributed by atoms with Gasteiger partial charge < -0.3 is 4.18 Å². The molecule has 2 aromatic carbocycles. The van der Waals surface area contributed by atoms with Crippen LogP contribution in [0.4, 0.5) is 0 Å². The van der Waals surface area contributed by atoms with Crippen LogP contribution in [0.5, 0.6) is 0 Å². The Labute approximate surface area is 123 Å². The third-order valence-electron chi connectivity index (χ3n) is 2.27. The van der Waals surface area contributed by atoms with Crippen LogP contribution in [-0.4, -0.2) is 31.5 Å². The Balaban J connectivity index is 0.00000162. The molecule has 0 aliphatic heterocycles. The van der Waals surface area contributed by atoms with E-state index in [1.165, 1.54) is 13.0 Å². The zero-order chi connectivity index (χ0) is 12.5. The maximum atomic E-state index is 12.0. The average Bonchev–Trinajstić information content (AvgIpc) is 2.26. The second-order valence-corrected chi connectivity index (χ2v) is 5.23. The Morgan fingerprint density at radius 1 is 1.11 bits per heavy atom. The molecule has 2 aromatic rings. The lowest BCUT2D eigenvalue weighted by molar-refractivity contribution is 0.411. The highest BCUT2D eigenvalue weighted by Gasteiger charge is 2.18. The van der Waals surface area contributed by atoms with Crippen molar-refractivity contribution < 1.29 is 12.6 Å². The van der Waals surface area contributed by atoms with E-state index in [9.17, 15) is 8.42 Å². The minimum Gasteiger partial charge on any atom is -0.384 e. The van der Waals surface area contributed by atoms with Gasteiger partial charge in [0.2, 0.25) is 0 Å². The number of allylic oxidation sites excluding steroid dienone is 1. The Bertz CT molecular complexity index is 672. The molecule has 0 radical (unpaired) electrons. The Morgan fingerprint density at radius 3 is 2.39 bits per heavy atom. The van der Waals surface area contributed by atoms with Gasteiger partial charge in [0.15, 0.2) is 0 Å². The summed E-state index contributed by atoms with van der Waals surface area (Å²) in [4.78, 5) is 0.165. The number of hydrogen-bond donors (Lipinski definition) is 0. The molecule has 0 heterocycles. The predicted octanol–water partition coefficient (Wildman–Crippen LogP) is 2.16. The van der Waals surface area contributed by atoms with E-state index in [4.69, 9.17) is 4.18 Å². The summed E-state index contributed by atoms with van der Waals surface area (Å²) in [6.07, 6.45) is 0. The molecule has 92 valence electrons. The summed E-state index contributed by atoms with van der Waals surface area (Å²) in [6, 6.07) is 12.3. The minimum atomic E-state index is -3.79. The van der Waals surface area contributed by atoms with Crippen molar-refractivity contribution >= 4 is 43.9 Å². The van der Waals surface area contributed by atoms with Crippen LogP contribution in [-0.2, 0) is 14.3 Å². The maximum absolute atomic E-state index is 12.0. The van der Waals surface area contributed by atoms with E-state index in [0.29, 0.717) is 5.39 Å². The molecule has 0 spiro atoms. The van der Waals surface area contributed by atoms with Crippen molar-refractivity contribution in [3.63, 3.8) is 0 Å². The lowest BCUT2D eigenvalue weighted by atomic mass is 10.1. The molecule has 0 saturated carbocycles. The lowest BCUT2D eigenvalue weighted by Crippen LogP contribution is -2.05. The Kier molecular flexibility index (Phi) is 4.78. The van der Waals surface area contributed by atoms with Crippen molar-refractivity contribution in [1.29, 1.82) is 0 Å². The predicted molar refractivity (Wildman–Crippen MR) is 75.6 cm³/mol. The molecule has 3 nitrogen and oxygen atoms in total. The number of hydrogen-bond acceptors (Lipinski definition) is 3. The highest BCUT2D eigenvalue weighted by Crippen LogP contribution is 2.25. The monoisotopic (exact) mass is 274 g/mol. The molecule has 0 aliphatic carbocycles. The largest absolute Gasteiger partial charge is 0.384 e. The summed E-state index contributed by atoms with van der Waals surface area (Å²) in [5.74, 6) is 0.151. The Morgan fingerprint density at radius 2 is 1.72 bits per heavy atom. The van der Waals surface area contributed by atoms with Crippen molar-refractivity contribution in [2.45, 2.75) is 11.8 Å².